The minimum Gasteiger partial charge on any atom is -0.463 e. The summed E-state index contributed by atoms with van der Waals surface area (Å²) in [5.74, 6) is -0.108. The van der Waals surface area contributed by atoms with Gasteiger partial charge in [0.15, 0.2) is 5.60 Å². The number of hydrogen-bond acceptors (Lipinski definition) is 3. The molecule has 0 aromatic carbocycles. The molecule has 1 spiro atoms. The van der Waals surface area contributed by atoms with Crippen molar-refractivity contribution in [1.82, 2.24) is 0 Å². The Morgan fingerprint density at radius 1 is 1.17 bits per heavy atom. The first-order chi connectivity index (χ1) is 8.71. The summed E-state index contributed by atoms with van der Waals surface area (Å²) in [5, 5.41) is 0. The van der Waals surface area contributed by atoms with E-state index in [1.165, 1.54) is 25.7 Å². The van der Waals surface area contributed by atoms with Crippen LogP contribution in [0.5, 0.6) is 0 Å². The summed E-state index contributed by atoms with van der Waals surface area (Å²) in [6, 6.07) is 0. The van der Waals surface area contributed by atoms with E-state index < -0.39 is 5.60 Å². The lowest BCUT2D eigenvalue weighted by atomic mass is 9.89. The van der Waals surface area contributed by atoms with Crippen LogP contribution in [0, 0.1) is 0 Å². The van der Waals surface area contributed by atoms with Crippen LogP contribution in [0.4, 0.5) is 0 Å². The quantitative estimate of drug-likeness (QED) is 0.396. The lowest BCUT2D eigenvalue weighted by Crippen LogP contribution is -2.34. The summed E-state index contributed by atoms with van der Waals surface area (Å²) in [6.45, 7) is 4.77. The van der Waals surface area contributed by atoms with Crippen molar-refractivity contribution in [2.24, 2.45) is 0 Å². The monoisotopic (exact) mass is 254 g/mol. The van der Waals surface area contributed by atoms with Gasteiger partial charge in [0.25, 0.3) is 0 Å². The molecule has 2 rings (SSSR count). The third-order valence-corrected chi connectivity index (χ3v) is 4.53. The second-order valence-corrected chi connectivity index (χ2v) is 5.68. The Balaban J connectivity index is 1.77. The minimum atomic E-state index is -0.589. The summed E-state index contributed by atoms with van der Waals surface area (Å²) in [7, 11) is 0. The van der Waals surface area contributed by atoms with Gasteiger partial charge in [-0.3, -0.25) is 0 Å². The molecule has 0 bridgehead atoms. The van der Waals surface area contributed by atoms with E-state index in [2.05, 4.69) is 6.92 Å². The average molecular weight is 254 g/mol. The molecule has 18 heavy (non-hydrogen) atoms. The summed E-state index contributed by atoms with van der Waals surface area (Å²) in [4.78, 5) is 12.2. The van der Waals surface area contributed by atoms with Crippen LogP contribution in [0.3, 0.4) is 0 Å². The Hall–Kier alpha value is -0.570. The SMILES string of the molecule is CCCCCCOC(=O)C1(CC)OC12CCCC2. The second-order valence-electron chi connectivity index (χ2n) is 5.68. The highest BCUT2D eigenvalue weighted by molar-refractivity contribution is 5.85. The number of carbonyl (C=O) groups is 1. The molecule has 1 atom stereocenters. The van der Waals surface area contributed by atoms with Crippen molar-refractivity contribution in [1.29, 1.82) is 0 Å². The molecular weight excluding hydrogens is 228 g/mol. The molecule has 1 aliphatic carbocycles. The highest BCUT2D eigenvalue weighted by Crippen LogP contribution is 2.60. The van der Waals surface area contributed by atoms with Gasteiger partial charge in [-0.05, 0) is 25.7 Å². The van der Waals surface area contributed by atoms with E-state index in [-0.39, 0.29) is 11.6 Å². The van der Waals surface area contributed by atoms with Gasteiger partial charge < -0.3 is 9.47 Å². The Kier molecular flexibility index (Phi) is 4.31. The van der Waals surface area contributed by atoms with Gasteiger partial charge in [-0.25, -0.2) is 4.79 Å². The number of esters is 1. The first-order valence-electron chi connectivity index (χ1n) is 7.58. The molecule has 104 valence electrons. The smallest absolute Gasteiger partial charge is 0.341 e. The lowest BCUT2D eigenvalue weighted by Gasteiger charge is -2.13. The fourth-order valence-corrected chi connectivity index (χ4v) is 3.34. The third-order valence-electron chi connectivity index (χ3n) is 4.53. The minimum absolute atomic E-state index is 0.108. The molecule has 1 saturated heterocycles. The zero-order valence-corrected chi connectivity index (χ0v) is 11.8. The zero-order valence-electron chi connectivity index (χ0n) is 11.8. The maximum atomic E-state index is 12.2. The predicted octanol–water partition coefficient (Wildman–Crippen LogP) is 3.60. The molecule has 3 nitrogen and oxygen atoms in total. The number of epoxide rings is 1. The van der Waals surface area contributed by atoms with Crippen LogP contribution in [-0.2, 0) is 14.3 Å². The standard InChI is InChI=1S/C15H26O3/c1-3-5-6-9-12-17-13(16)15(4-2)14(18-15)10-7-8-11-14/h3-12H2,1-2H3. The van der Waals surface area contributed by atoms with Crippen LogP contribution in [0.25, 0.3) is 0 Å². The molecule has 1 heterocycles. The van der Waals surface area contributed by atoms with E-state index in [1.807, 2.05) is 6.92 Å². The van der Waals surface area contributed by atoms with Gasteiger partial charge in [0.05, 0.1) is 6.61 Å². The molecule has 0 amide bonds. The molecule has 0 N–H and O–H groups in total. The van der Waals surface area contributed by atoms with Gasteiger partial charge in [0.2, 0.25) is 0 Å². The topological polar surface area (TPSA) is 38.8 Å². The highest BCUT2D eigenvalue weighted by Gasteiger charge is 2.74. The van der Waals surface area contributed by atoms with Gasteiger partial charge in [-0.1, -0.05) is 46.0 Å². The Bertz CT molecular complexity index is 294. The molecule has 1 saturated carbocycles. The van der Waals surface area contributed by atoms with Gasteiger partial charge in [-0.2, -0.15) is 0 Å². The lowest BCUT2D eigenvalue weighted by molar-refractivity contribution is -0.150. The van der Waals surface area contributed by atoms with Gasteiger partial charge in [-0.15, -0.1) is 0 Å². The fraction of sp³-hybridized carbons (Fsp3) is 0.933. The first kappa shape index (κ1) is 13.9. The van der Waals surface area contributed by atoms with E-state index in [4.69, 9.17) is 9.47 Å². The van der Waals surface area contributed by atoms with Crippen LogP contribution < -0.4 is 0 Å². The molecule has 3 heteroatoms. The van der Waals surface area contributed by atoms with E-state index in [0.29, 0.717) is 6.61 Å². The summed E-state index contributed by atoms with van der Waals surface area (Å²) in [5.41, 5.74) is -0.740. The number of unbranched alkanes of at least 4 members (excludes halogenated alkanes) is 3. The summed E-state index contributed by atoms with van der Waals surface area (Å²) >= 11 is 0. The first-order valence-corrected chi connectivity index (χ1v) is 7.58. The number of carbonyl (C=O) groups excluding carboxylic acids is 1. The van der Waals surface area contributed by atoms with Gasteiger partial charge >= 0.3 is 5.97 Å². The van der Waals surface area contributed by atoms with Crippen molar-refractivity contribution in [3.05, 3.63) is 0 Å². The van der Waals surface area contributed by atoms with Crippen molar-refractivity contribution in [2.75, 3.05) is 6.61 Å². The average Bonchev–Trinajstić information content (AvgIpc) is 2.76. The van der Waals surface area contributed by atoms with Crippen molar-refractivity contribution in [2.45, 2.75) is 82.8 Å². The summed E-state index contributed by atoms with van der Waals surface area (Å²) < 4.78 is 11.3. The van der Waals surface area contributed by atoms with Crippen LogP contribution in [0.1, 0.15) is 71.6 Å². The molecule has 2 fully saturated rings. The predicted molar refractivity (Wildman–Crippen MR) is 70.4 cm³/mol. The maximum Gasteiger partial charge on any atom is 0.341 e. The molecule has 1 unspecified atom stereocenters. The maximum absolute atomic E-state index is 12.2. The van der Waals surface area contributed by atoms with Crippen LogP contribution in [0.15, 0.2) is 0 Å². The third kappa shape index (κ3) is 2.29. The molecular formula is C15H26O3. The molecule has 0 aromatic heterocycles. The Morgan fingerprint density at radius 2 is 1.89 bits per heavy atom. The van der Waals surface area contributed by atoms with Gasteiger partial charge in [0.1, 0.15) is 5.60 Å². The number of hydrogen-bond donors (Lipinski definition) is 0. The van der Waals surface area contributed by atoms with Crippen molar-refractivity contribution < 1.29 is 14.3 Å². The van der Waals surface area contributed by atoms with E-state index in [0.717, 1.165) is 32.1 Å². The number of rotatable bonds is 7. The second kappa shape index (κ2) is 5.60. The molecule has 0 radical (unpaired) electrons. The van der Waals surface area contributed by atoms with E-state index in [9.17, 15) is 4.79 Å². The summed E-state index contributed by atoms with van der Waals surface area (Å²) in [6.07, 6.45) is 9.74. The zero-order chi connectivity index (χ0) is 13.1. The van der Waals surface area contributed by atoms with Crippen LogP contribution >= 0.6 is 0 Å². The molecule has 1 aliphatic heterocycles. The van der Waals surface area contributed by atoms with Crippen molar-refractivity contribution in [3.8, 4) is 0 Å². The van der Waals surface area contributed by atoms with Gasteiger partial charge in [0, 0.05) is 0 Å². The molecule has 2 aliphatic rings. The molecule has 0 aromatic rings. The fourth-order valence-electron chi connectivity index (χ4n) is 3.34. The Labute approximate surface area is 110 Å². The van der Waals surface area contributed by atoms with Crippen molar-refractivity contribution >= 4 is 5.97 Å². The van der Waals surface area contributed by atoms with E-state index in [1.54, 1.807) is 0 Å². The largest absolute Gasteiger partial charge is 0.463 e. The van der Waals surface area contributed by atoms with Crippen LogP contribution in [-0.4, -0.2) is 23.8 Å². The Morgan fingerprint density at radius 3 is 2.50 bits per heavy atom. The number of ether oxygens (including phenoxy) is 2. The van der Waals surface area contributed by atoms with Crippen molar-refractivity contribution in [3.63, 3.8) is 0 Å². The highest BCUT2D eigenvalue weighted by atomic mass is 16.7. The van der Waals surface area contributed by atoms with Crippen LogP contribution in [0.2, 0.25) is 0 Å². The van der Waals surface area contributed by atoms with E-state index >= 15 is 0 Å². The normalized spacial score (nSPS) is 28.6.